The molecule has 208 valence electrons. The monoisotopic (exact) mass is 574 g/mol. The Hall–Kier alpha value is -2.33. The highest BCUT2D eigenvalue weighted by atomic mass is 35.5. The number of rotatable bonds is 6. The first kappa shape index (κ1) is 28.7. The van der Waals surface area contributed by atoms with Gasteiger partial charge in [0.1, 0.15) is 0 Å². The minimum Gasteiger partial charge on any atom is -0.481 e. The van der Waals surface area contributed by atoms with Crippen LogP contribution in [-0.2, 0) is 17.4 Å². The van der Waals surface area contributed by atoms with Crippen LogP contribution in [0.15, 0.2) is 18.6 Å². The Bertz CT molecular complexity index is 1190. The summed E-state index contributed by atoms with van der Waals surface area (Å²) in [6.45, 7) is 5.96. The third-order valence-electron chi connectivity index (χ3n) is 8.26. The minimum absolute atomic E-state index is 0.0970. The number of amides is 1. The van der Waals surface area contributed by atoms with E-state index >= 15 is 0 Å². The number of carbonyl (C=O) groups excluding carboxylic acids is 1. The number of nitrogens with zero attached hydrogens (tertiary/aromatic N) is 4. The van der Waals surface area contributed by atoms with E-state index in [0.717, 1.165) is 10.9 Å². The van der Waals surface area contributed by atoms with E-state index in [1.807, 2.05) is 13.8 Å². The molecule has 1 saturated carbocycles. The molecule has 1 unspecified atom stereocenters. The average Bonchev–Trinajstić information content (AvgIpc) is 3.47. The molecule has 0 aromatic carbocycles. The van der Waals surface area contributed by atoms with Crippen molar-refractivity contribution in [1.29, 1.82) is 0 Å². The van der Waals surface area contributed by atoms with Gasteiger partial charge in [-0.25, -0.2) is 0 Å². The molecule has 3 heterocycles. The fourth-order valence-electron chi connectivity index (χ4n) is 5.68. The molecule has 1 amide bonds. The number of aromatic nitrogens is 3. The van der Waals surface area contributed by atoms with Crippen molar-refractivity contribution in [1.82, 2.24) is 19.7 Å². The van der Waals surface area contributed by atoms with Gasteiger partial charge in [0.05, 0.1) is 33.3 Å². The lowest BCUT2D eigenvalue weighted by molar-refractivity contribution is -0.152. The quantitative estimate of drug-likeness (QED) is 0.423. The summed E-state index contributed by atoms with van der Waals surface area (Å²) in [7, 11) is 0. The van der Waals surface area contributed by atoms with Crippen molar-refractivity contribution in [2.45, 2.75) is 77.6 Å². The zero-order valence-corrected chi connectivity index (χ0v) is 22.9. The summed E-state index contributed by atoms with van der Waals surface area (Å²) in [5.41, 5.74) is -1.96. The SMILES string of the molecule is CC(C)[C@H]1CC(Cc2c(Cl)cncc2Cl)N(C(=O)c2cnn([C@H]3CC[C@](C)(C(=O)O)CC3)c2C(F)(F)F)C1. The lowest BCUT2D eigenvalue weighted by Crippen LogP contribution is -2.38. The van der Waals surface area contributed by atoms with Gasteiger partial charge in [0.25, 0.3) is 5.91 Å². The van der Waals surface area contributed by atoms with Crippen molar-refractivity contribution in [2.24, 2.45) is 17.3 Å². The predicted octanol–water partition coefficient (Wildman–Crippen LogP) is 6.54. The molecule has 2 fully saturated rings. The molecule has 1 saturated heterocycles. The van der Waals surface area contributed by atoms with Crippen LogP contribution in [0, 0.1) is 17.3 Å². The number of likely N-dealkylation sites (tertiary alicyclic amines) is 1. The van der Waals surface area contributed by atoms with Crippen molar-refractivity contribution < 1.29 is 27.9 Å². The second-order valence-corrected chi connectivity index (χ2v) is 11.9. The van der Waals surface area contributed by atoms with Gasteiger partial charge in [-0.05, 0) is 62.8 Å². The second-order valence-electron chi connectivity index (χ2n) is 11.1. The summed E-state index contributed by atoms with van der Waals surface area (Å²) in [5, 5.41) is 14.2. The third-order valence-corrected chi connectivity index (χ3v) is 8.91. The van der Waals surface area contributed by atoms with Crippen molar-refractivity contribution in [3.8, 4) is 0 Å². The Morgan fingerprint density at radius 1 is 1.16 bits per heavy atom. The van der Waals surface area contributed by atoms with Gasteiger partial charge >= 0.3 is 12.1 Å². The van der Waals surface area contributed by atoms with Crippen molar-refractivity contribution in [3.05, 3.63) is 45.5 Å². The van der Waals surface area contributed by atoms with Gasteiger partial charge in [0.15, 0.2) is 5.69 Å². The van der Waals surface area contributed by atoms with E-state index in [9.17, 15) is 27.9 Å². The van der Waals surface area contributed by atoms with Gasteiger partial charge in [-0.1, -0.05) is 37.0 Å². The fourth-order valence-corrected chi connectivity index (χ4v) is 6.20. The number of aliphatic carboxylic acids is 1. The number of carbonyl (C=O) groups is 2. The highest BCUT2D eigenvalue weighted by molar-refractivity contribution is 6.35. The summed E-state index contributed by atoms with van der Waals surface area (Å²) in [4.78, 5) is 30.8. The zero-order valence-electron chi connectivity index (χ0n) is 21.4. The Labute approximate surface area is 229 Å². The van der Waals surface area contributed by atoms with E-state index in [1.54, 1.807) is 6.92 Å². The lowest BCUT2D eigenvalue weighted by atomic mass is 9.74. The number of pyridine rings is 1. The molecule has 1 aliphatic heterocycles. The summed E-state index contributed by atoms with van der Waals surface area (Å²) in [5.74, 6) is -1.38. The summed E-state index contributed by atoms with van der Waals surface area (Å²) >= 11 is 12.6. The summed E-state index contributed by atoms with van der Waals surface area (Å²) in [6.07, 6.45) is 0.886. The molecule has 1 N–H and O–H groups in total. The highest BCUT2D eigenvalue weighted by Gasteiger charge is 2.46. The third kappa shape index (κ3) is 5.52. The van der Waals surface area contributed by atoms with Crippen molar-refractivity contribution in [2.75, 3.05) is 6.54 Å². The normalized spacial score (nSPS) is 26.2. The van der Waals surface area contributed by atoms with Gasteiger partial charge < -0.3 is 10.0 Å². The Morgan fingerprint density at radius 2 is 1.76 bits per heavy atom. The van der Waals surface area contributed by atoms with E-state index in [4.69, 9.17) is 23.2 Å². The highest BCUT2D eigenvalue weighted by Crippen LogP contribution is 2.44. The van der Waals surface area contributed by atoms with Gasteiger partial charge in [0, 0.05) is 25.0 Å². The van der Waals surface area contributed by atoms with E-state index in [0.29, 0.717) is 35.0 Å². The molecule has 7 nitrogen and oxygen atoms in total. The largest absolute Gasteiger partial charge is 0.481 e. The summed E-state index contributed by atoms with van der Waals surface area (Å²) in [6, 6.07) is -1.05. The molecule has 4 rings (SSSR count). The topological polar surface area (TPSA) is 88.3 Å². The molecule has 1 aliphatic carbocycles. The van der Waals surface area contributed by atoms with Gasteiger partial charge in [-0.15, -0.1) is 0 Å². The molecule has 0 bridgehead atoms. The maximum Gasteiger partial charge on any atom is 0.433 e. The molecular weight excluding hydrogens is 544 g/mol. The van der Waals surface area contributed by atoms with Crippen molar-refractivity contribution in [3.63, 3.8) is 0 Å². The molecular formula is C26H31Cl2F3N4O3. The number of carboxylic acid groups (broad SMARTS) is 1. The first-order valence-electron chi connectivity index (χ1n) is 12.7. The second kappa shape index (κ2) is 10.7. The molecule has 12 heteroatoms. The Morgan fingerprint density at radius 3 is 2.29 bits per heavy atom. The number of halogens is 5. The summed E-state index contributed by atoms with van der Waals surface area (Å²) < 4.78 is 44.1. The Kier molecular flexibility index (Phi) is 8.06. The van der Waals surface area contributed by atoms with E-state index in [-0.39, 0.29) is 37.5 Å². The fraction of sp³-hybridized carbons (Fsp3) is 0.615. The van der Waals surface area contributed by atoms with E-state index < -0.39 is 46.8 Å². The molecule has 0 radical (unpaired) electrons. The van der Waals surface area contributed by atoms with Gasteiger partial charge in [-0.3, -0.25) is 19.3 Å². The van der Waals surface area contributed by atoms with Crippen LogP contribution < -0.4 is 0 Å². The van der Waals surface area contributed by atoms with Gasteiger partial charge in [0.2, 0.25) is 0 Å². The first-order chi connectivity index (χ1) is 17.7. The van der Waals surface area contributed by atoms with Crippen LogP contribution in [0.5, 0.6) is 0 Å². The molecule has 2 aromatic heterocycles. The number of alkyl halides is 3. The smallest absolute Gasteiger partial charge is 0.433 e. The van der Waals surface area contributed by atoms with Crippen LogP contribution in [0.1, 0.15) is 80.5 Å². The minimum atomic E-state index is -4.82. The van der Waals surface area contributed by atoms with E-state index in [2.05, 4.69) is 10.1 Å². The zero-order chi connectivity index (χ0) is 28.0. The molecule has 2 aromatic rings. The van der Waals surface area contributed by atoms with E-state index in [1.165, 1.54) is 17.3 Å². The van der Waals surface area contributed by atoms with Crippen molar-refractivity contribution >= 4 is 35.1 Å². The standard InChI is InChI=1S/C26H31Cl2F3N4O3/c1-14(2)15-8-17(9-18-20(27)11-32-12-21(18)28)34(13-15)23(36)19-10-33-35(22(19)26(29,30)31)16-4-6-25(3,7-5-16)24(37)38/h10-12,14-17H,4-9,13H2,1-3H3,(H,37,38)/t15-,16-,17?,25-/m0/s1. The van der Waals surface area contributed by atoms with Crippen LogP contribution in [0.3, 0.4) is 0 Å². The molecule has 2 atom stereocenters. The number of hydrogen-bond acceptors (Lipinski definition) is 4. The maximum atomic E-state index is 14.4. The average molecular weight is 575 g/mol. The van der Waals surface area contributed by atoms with Crippen LogP contribution >= 0.6 is 23.2 Å². The number of hydrogen-bond donors (Lipinski definition) is 1. The van der Waals surface area contributed by atoms with Gasteiger partial charge in [-0.2, -0.15) is 18.3 Å². The van der Waals surface area contributed by atoms with Crippen LogP contribution in [0.25, 0.3) is 0 Å². The first-order valence-corrected chi connectivity index (χ1v) is 13.5. The van der Waals surface area contributed by atoms with Crippen LogP contribution in [0.4, 0.5) is 13.2 Å². The molecule has 38 heavy (non-hydrogen) atoms. The number of carboxylic acids is 1. The van der Waals surface area contributed by atoms with Crippen LogP contribution in [0.2, 0.25) is 10.0 Å². The predicted molar refractivity (Wildman–Crippen MR) is 136 cm³/mol. The van der Waals surface area contributed by atoms with Crippen LogP contribution in [-0.4, -0.2) is 49.2 Å². The lowest BCUT2D eigenvalue weighted by Gasteiger charge is -2.34. The Balaban J connectivity index is 1.66. The maximum absolute atomic E-state index is 14.4. The molecule has 2 aliphatic rings. The molecule has 0 spiro atoms.